The highest BCUT2D eigenvalue weighted by Gasteiger charge is 2.29. The van der Waals surface area contributed by atoms with Gasteiger partial charge >= 0.3 is 5.97 Å². The summed E-state index contributed by atoms with van der Waals surface area (Å²) in [6.45, 7) is 3.16. The summed E-state index contributed by atoms with van der Waals surface area (Å²) in [5.74, 6) is -1.01. The molecule has 0 aromatic carbocycles. The number of aliphatic carboxylic acids is 1. The Morgan fingerprint density at radius 1 is 1.80 bits per heavy atom. The van der Waals surface area contributed by atoms with Crippen LogP contribution in [0.1, 0.15) is 20.3 Å². The van der Waals surface area contributed by atoms with Crippen molar-refractivity contribution < 1.29 is 14.7 Å². The minimum absolute atomic E-state index is 0.376. The predicted octanol–water partition coefficient (Wildman–Crippen LogP) is -0.0143. The molecule has 4 heteroatoms. The molecule has 0 aromatic heterocycles. The van der Waals surface area contributed by atoms with Gasteiger partial charge in [-0.3, -0.25) is 4.79 Å². The van der Waals surface area contributed by atoms with E-state index in [9.17, 15) is 9.59 Å². The second kappa shape index (κ2) is 3.20. The van der Waals surface area contributed by atoms with Crippen molar-refractivity contribution in [3.63, 3.8) is 0 Å². The minimum atomic E-state index is -1.11. The summed E-state index contributed by atoms with van der Waals surface area (Å²) in [4.78, 5) is 20.3. The summed E-state index contributed by atoms with van der Waals surface area (Å²) >= 11 is 0. The Bertz CT molecular complexity index is 146. The molecule has 1 atom stereocenters. The van der Waals surface area contributed by atoms with E-state index in [1.54, 1.807) is 6.92 Å². The van der Waals surface area contributed by atoms with Crippen LogP contribution >= 0.6 is 0 Å². The zero-order chi connectivity index (χ0) is 8.20. The molecule has 0 saturated heterocycles. The lowest BCUT2D eigenvalue weighted by atomic mass is 10.0. The van der Waals surface area contributed by atoms with Crippen LogP contribution in [-0.2, 0) is 9.59 Å². The van der Waals surface area contributed by atoms with Crippen LogP contribution in [0.15, 0.2) is 0 Å². The maximum absolute atomic E-state index is 10.4. The molecular formula is C6H11NO3. The third-order valence-electron chi connectivity index (χ3n) is 1.56. The van der Waals surface area contributed by atoms with Gasteiger partial charge in [-0.2, -0.15) is 0 Å². The minimum Gasteiger partial charge on any atom is -0.480 e. The van der Waals surface area contributed by atoms with Crippen LogP contribution in [0.4, 0.5) is 0 Å². The molecule has 0 fully saturated rings. The van der Waals surface area contributed by atoms with Crippen molar-refractivity contribution in [3.05, 3.63) is 0 Å². The van der Waals surface area contributed by atoms with Gasteiger partial charge < -0.3 is 10.4 Å². The third kappa shape index (κ3) is 1.72. The van der Waals surface area contributed by atoms with E-state index >= 15 is 0 Å². The first-order valence-corrected chi connectivity index (χ1v) is 3.01. The molecule has 0 unspecified atom stereocenters. The van der Waals surface area contributed by atoms with Gasteiger partial charge in [0.25, 0.3) is 0 Å². The van der Waals surface area contributed by atoms with Gasteiger partial charge in [-0.05, 0) is 13.3 Å². The maximum atomic E-state index is 10.4. The van der Waals surface area contributed by atoms with Crippen LogP contribution in [0.3, 0.4) is 0 Å². The molecule has 1 amide bonds. The molecule has 0 aliphatic rings. The highest BCUT2D eigenvalue weighted by Crippen LogP contribution is 2.07. The normalized spacial score (nSPS) is 15.4. The fourth-order valence-electron chi connectivity index (χ4n) is 0.445. The first-order chi connectivity index (χ1) is 4.56. The summed E-state index contributed by atoms with van der Waals surface area (Å²) in [6, 6.07) is 0. The van der Waals surface area contributed by atoms with Gasteiger partial charge in [0, 0.05) is 0 Å². The van der Waals surface area contributed by atoms with Crippen LogP contribution in [0.2, 0.25) is 0 Å². The first kappa shape index (κ1) is 8.94. The molecular weight excluding hydrogens is 134 g/mol. The molecule has 0 radical (unpaired) electrons. The van der Waals surface area contributed by atoms with E-state index in [2.05, 4.69) is 5.32 Å². The molecule has 58 valence electrons. The van der Waals surface area contributed by atoms with Crippen molar-refractivity contribution in [2.45, 2.75) is 25.8 Å². The number of carboxylic acid groups (broad SMARTS) is 1. The van der Waals surface area contributed by atoms with E-state index in [-0.39, 0.29) is 0 Å². The predicted molar refractivity (Wildman–Crippen MR) is 35.5 cm³/mol. The van der Waals surface area contributed by atoms with Crippen LogP contribution in [0.25, 0.3) is 0 Å². The van der Waals surface area contributed by atoms with Crippen molar-refractivity contribution in [1.82, 2.24) is 5.32 Å². The van der Waals surface area contributed by atoms with E-state index < -0.39 is 11.5 Å². The van der Waals surface area contributed by atoms with E-state index in [0.29, 0.717) is 12.8 Å². The Kier molecular flexibility index (Phi) is 2.86. The van der Waals surface area contributed by atoms with Crippen molar-refractivity contribution >= 4 is 12.4 Å². The second-order valence-electron chi connectivity index (χ2n) is 2.25. The fourth-order valence-corrected chi connectivity index (χ4v) is 0.445. The number of carbonyl (C=O) groups excluding carboxylic acids is 1. The topological polar surface area (TPSA) is 66.4 Å². The Labute approximate surface area is 59.2 Å². The number of rotatable bonds is 4. The second-order valence-corrected chi connectivity index (χ2v) is 2.25. The fraction of sp³-hybridized carbons (Fsp3) is 0.667. The van der Waals surface area contributed by atoms with Crippen LogP contribution in [0, 0.1) is 0 Å². The smallest absolute Gasteiger partial charge is 0.329 e. The number of nitrogens with one attached hydrogen (secondary N) is 1. The van der Waals surface area contributed by atoms with Crippen LogP contribution < -0.4 is 5.32 Å². The summed E-state index contributed by atoms with van der Waals surface area (Å²) in [5.41, 5.74) is -1.11. The maximum Gasteiger partial charge on any atom is 0.329 e. The average Bonchev–Trinajstić information content (AvgIpc) is 1.88. The summed E-state index contributed by atoms with van der Waals surface area (Å²) in [6.07, 6.45) is 0.776. The lowest BCUT2D eigenvalue weighted by molar-refractivity contribution is -0.145. The van der Waals surface area contributed by atoms with Gasteiger partial charge in [-0.1, -0.05) is 6.92 Å². The highest BCUT2D eigenvalue weighted by atomic mass is 16.4. The number of carboxylic acids is 1. The molecule has 2 N–H and O–H groups in total. The number of amides is 1. The third-order valence-corrected chi connectivity index (χ3v) is 1.56. The van der Waals surface area contributed by atoms with E-state index in [1.165, 1.54) is 6.92 Å². The van der Waals surface area contributed by atoms with E-state index in [1.807, 2.05) is 0 Å². The Hall–Kier alpha value is -1.06. The largest absolute Gasteiger partial charge is 0.480 e. The molecule has 0 aliphatic heterocycles. The standard InChI is InChI=1S/C6H11NO3/c1-3-6(2,5(9)10)7-4-8/h4H,3H2,1-2H3,(H,7,8)(H,9,10)/t6-/m0/s1. The molecule has 10 heavy (non-hydrogen) atoms. The van der Waals surface area contributed by atoms with Gasteiger partial charge in [-0.15, -0.1) is 0 Å². The number of hydrogen-bond acceptors (Lipinski definition) is 2. The molecule has 0 spiro atoms. The van der Waals surface area contributed by atoms with Gasteiger partial charge in [0.2, 0.25) is 6.41 Å². The van der Waals surface area contributed by atoms with Crippen molar-refractivity contribution in [2.24, 2.45) is 0 Å². The van der Waals surface area contributed by atoms with Crippen molar-refractivity contribution in [1.29, 1.82) is 0 Å². The molecule has 4 nitrogen and oxygen atoms in total. The summed E-state index contributed by atoms with van der Waals surface area (Å²) < 4.78 is 0. The molecule has 0 rings (SSSR count). The van der Waals surface area contributed by atoms with E-state index in [0.717, 1.165) is 0 Å². The summed E-state index contributed by atoms with van der Waals surface area (Å²) in [5, 5.41) is 10.8. The van der Waals surface area contributed by atoms with Gasteiger partial charge in [0.15, 0.2) is 0 Å². The van der Waals surface area contributed by atoms with Gasteiger partial charge in [0.1, 0.15) is 5.54 Å². The van der Waals surface area contributed by atoms with E-state index in [4.69, 9.17) is 5.11 Å². The Morgan fingerprint density at radius 2 is 2.30 bits per heavy atom. The van der Waals surface area contributed by atoms with Crippen LogP contribution in [0.5, 0.6) is 0 Å². The Balaban J connectivity index is 4.21. The number of hydrogen-bond donors (Lipinski definition) is 2. The highest BCUT2D eigenvalue weighted by molar-refractivity contribution is 5.80. The zero-order valence-electron chi connectivity index (χ0n) is 6.05. The SMILES string of the molecule is CC[C@](C)(NC=O)C(=O)O. The lowest BCUT2D eigenvalue weighted by Crippen LogP contribution is -2.48. The monoisotopic (exact) mass is 145 g/mol. The lowest BCUT2D eigenvalue weighted by Gasteiger charge is -2.21. The molecule has 0 heterocycles. The molecule has 0 saturated carbocycles. The quantitative estimate of drug-likeness (QED) is 0.546. The average molecular weight is 145 g/mol. The van der Waals surface area contributed by atoms with Gasteiger partial charge in [-0.25, -0.2) is 4.79 Å². The molecule has 0 bridgehead atoms. The first-order valence-electron chi connectivity index (χ1n) is 3.01. The summed E-state index contributed by atoms with van der Waals surface area (Å²) in [7, 11) is 0. The Morgan fingerprint density at radius 3 is 2.40 bits per heavy atom. The van der Waals surface area contributed by atoms with Crippen molar-refractivity contribution in [3.8, 4) is 0 Å². The number of carbonyl (C=O) groups is 2. The molecule has 0 aromatic rings. The van der Waals surface area contributed by atoms with Gasteiger partial charge in [0.05, 0.1) is 0 Å². The van der Waals surface area contributed by atoms with Crippen molar-refractivity contribution in [2.75, 3.05) is 0 Å². The zero-order valence-corrected chi connectivity index (χ0v) is 6.05. The van der Waals surface area contributed by atoms with Crippen LogP contribution in [-0.4, -0.2) is 23.0 Å². The molecule has 0 aliphatic carbocycles.